The first-order valence-electron chi connectivity index (χ1n) is 11.9. The van der Waals surface area contributed by atoms with Gasteiger partial charge in [0.15, 0.2) is 0 Å². The summed E-state index contributed by atoms with van der Waals surface area (Å²) in [5.41, 5.74) is -0.244. The third-order valence-electron chi connectivity index (χ3n) is 6.77. The predicted molar refractivity (Wildman–Crippen MR) is 125 cm³/mol. The molecule has 0 N–H and O–H groups in total. The summed E-state index contributed by atoms with van der Waals surface area (Å²) in [5, 5.41) is 0. The van der Waals surface area contributed by atoms with E-state index in [4.69, 9.17) is 4.74 Å². The number of carbonyl (C=O) groups is 1. The summed E-state index contributed by atoms with van der Waals surface area (Å²) < 4.78 is 144. The van der Waals surface area contributed by atoms with E-state index < -0.39 is 67.5 Å². The molecule has 2 heterocycles. The van der Waals surface area contributed by atoms with Crippen molar-refractivity contribution in [3.8, 4) is 11.5 Å². The highest BCUT2D eigenvalue weighted by Crippen LogP contribution is 2.45. The van der Waals surface area contributed by atoms with Gasteiger partial charge in [0, 0.05) is 36.2 Å². The molecule has 0 aromatic heterocycles. The Morgan fingerprint density at radius 1 is 0.878 bits per heavy atom. The van der Waals surface area contributed by atoms with Crippen LogP contribution in [0.1, 0.15) is 41.9 Å². The molecule has 0 bridgehead atoms. The number of halogens is 8. The third kappa shape index (κ3) is 5.06. The maximum Gasteiger partial charge on any atom is 0.416 e. The number of benzene rings is 3. The molecular weight excluding hydrogens is 590 g/mol. The van der Waals surface area contributed by atoms with Crippen LogP contribution in [-0.2, 0) is 21.1 Å². The van der Waals surface area contributed by atoms with E-state index in [9.17, 15) is 48.3 Å². The lowest BCUT2D eigenvalue weighted by Crippen LogP contribution is -2.27. The fraction of sp³-hybridized carbons (Fsp3) is 0.269. The Morgan fingerprint density at radius 3 is 2.12 bits per heavy atom. The second kappa shape index (κ2) is 10.2. The van der Waals surface area contributed by atoms with Crippen molar-refractivity contribution in [3.05, 3.63) is 82.2 Å². The molecule has 6 nitrogen and oxygen atoms in total. The summed E-state index contributed by atoms with van der Waals surface area (Å²) in [7, 11) is -5.16. The predicted octanol–water partition coefficient (Wildman–Crippen LogP) is 6.21. The van der Waals surface area contributed by atoms with Gasteiger partial charge in [-0.15, -0.1) is 0 Å². The van der Waals surface area contributed by atoms with Crippen LogP contribution >= 0.6 is 0 Å². The molecular formula is C26H17F8NO5S. The first-order valence-corrected chi connectivity index (χ1v) is 13.4. The summed E-state index contributed by atoms with van der Waals surface area (Å²) in [5.74, 6) is -15.4. The maximum absolute atomic E-state index is 14.0. The van der Waals surface area contributed by atoms with Gasteiger partial charge in [-0.1, -0.05) is 12.1 Å². The highest BCUT2D eigenvalue weighted by atomic mass is 32.2. The van der Waals surface area contributed by atoms with E-state index in [1.807, 2.05) is 0 Å². The lowest BCUT2D eigenvalue weighted by molar-refractivity contribution is -0.137. The van der Waals surface area contributed by atoms with Gasteiger partial charge in [-0.25, -0.2) is 13.2 Å². The minimum absolute atomic E-state index is 0.0337. The number of hydrogen-bond acceptors (Lipinski definition) is 5. The molecule has 2 aliphatic heterocycles. The first-order chi connectivity index (χ1) is 19.2. The molecule has 5 rings (SSSR count). The Hall–Kier alpha value is -3.88. The Bertz CT molecular complexity index is 1650. The molecule has 1 fully saturated rings. The van der Waals surface area contributed by atoms with Crippen molar-refractivity contribution in [1.82, 2.24) is 0 Å². The van der Waals surface area contributed by atoms with Crippen molar-refractivity contribution in [2.75, 3.05) is 18.1 Å². The normalized spacial score (nSPS) is 17.4. The number of anilines is 1. The Balaban J connectivity index is 1.54. The molecule has 1 atom stereocenters. The van der Waals surface area contributed by atoms with Crippen molar-refractivity contribution in [2.24, 2.45) is 0 Å². The highest BCUT2D eigenvalue weighted by molar-refractivity contribution is 7.87. The molecule has 0 aliphatic carbocycles. The van der Waals surface area contributed by atoms with Crippen LogP contribution in [-0.4, -0.2) is 27.5 Å². The van der Waals surface area contributed by atoms with Gasteiger partial charge in [0.2, 0.25) is 40.7 Å². The molecule has 0 spiro atoms. The minimum Gasteiger partial charge on any atom is -0.493 e. The summed E-state index contributed by atoms with van der Waals surface area (Å²) in [6.07, 6.45) is -3.84. The lowest BCUT2D eigenvalue weighted by atomic mass is 9.85. The highest BCUT2D eigenvalue weighted by Gasteiger charge is 2.36. The topological polar surface area (TPSA) is 72.9 Å². The van der Waals surface area contributed by atoms with Crippen LogP contribution in [0.15, 0.2) is 41.3 Å². The van der Waals surface area contributed by atoms with Crippen LogP contribution in [0.5, 0.6) is 11.5 Å². The van der Waals surface area contributed by atoms with Crippen LogP contribution < -0.4 is 13.8 Å². The molecule has 0 radical (unpaired) electrons. The molecule has 1 amide bonds. The number of alkyl halides is 3. The van der Waals surface area contributed by atoms with E-state index in [1.54, 1.807) is 0 Å². The number of fused-ring (bicyclic) bond motifs is 1. The van der Waals surface area contributed by atoms with Crippen molar-refractivity contribution in [3.63, 3.8) is 0 Å². The number of carbonyl (C=O) groups excluding carboxylic acids is 1. The molecule has 3 aromatic rings. The third-order valence-corrected chi connectivity index (χ3v) is 7.99. The average molecular weight is 607 g/mol. The molecule has 3 aromatic carbocycles. The fourth-order valence-electron chi connectivity index (χ4n) is 4.82. The molecule has 1 saturated heterocycles. The minimum atomic E-state index is -5.16. The van der Waals surface area contributed by atoms with Crippen LogP contribution in [0, 0.1) is 29.1 Å². The van der Waals surface area contributed by atoms with E-state index in [2.05, 4.69) is 4.18 Å². The van der Waals surface area contributed by atoms with E-state index in [-0.39, 0.29) is 43.3 Å². The van der Waals surface area contributed by atoms with E-state index >= 15 is 0 Å². The van der Waals surface area contributed by atoms with Gasteiger partial charge in [0.25, 0.3) is 0 Å². The van der Waals surface area contributed by atoms with Gasteiger partial charge < -0.3 is 13.8 Å². The monoisotopic (exact) mass is 607 g/mol. The van der Waals surface area contributed by atoms with Gasteiger partial charge in [0.1, 0.15) is 10.6 Å². The van der Waals surface area contributed by atoms with E-state index in [0.29, 0.717) is 17.5 Å². The summed E-state index contributed by atoms with van der Waals surface area (Å²) in [6.45, 7) is 0.170. The Labute approximate surface area is 227 Å². The van der Waals surface area contributed by atoms with Crippen molar-refractivity contribution < 1.29 is 57.3 Å². The van der Waals surface area contributed by atoms with Crippen LogP contribution in [0.3, 0.4) is 0 Å². The largest absolute Gasteiger partial charge is 0.493 e. The SMILES string of the molecule is O=C1CCCN1c1cc(C(F)(F)F)ccc1[C@H]1CCOc2cc(S(=O)(=O)Oc3c(F)c(F)c(F)c(F)c3F)ccc21. The van der Waals surface area contributed by atoms with Crippen molar-refractivity contribution in [2.45, 2.75) is 36.3 Å². The summed E-state index contributed by atoms with van der Waals surface area (Å²) in [6, 6.07) is 6.03. The summed E-state index contributed by atoms with van der Waals surface area (Å²) in [4.78, 5) is 12.9. The number of hydrogen-bond donors (Lipinski definition) is 0. The fourth-order valence-corrected chi connectivity index (χ4v) is 5.76. The second-order valence-electron chi connectivity index (χ2n) is 9.25. The number of nitrogens with zero attached hydrogens (tertiary/aromatic N) is 1. The molecule has 2 aliphatic rings. The van der Waals surface area contributed by atoms with E-state index in [1.165, 1.54) is 17.0 Å². The number of amides is 1. The molecule has 41 heavy (non-hydrogen) atoms. The number of rotatable bonds is 5. The maximum atomic E-state index is 14.0. The zero-order chi connectivity index (χ0) is 29.9. The standard InChI is InChI=1S/C26H17F8NO5S/c27-20-21(28)23(30)25(24(31)22(20)29)40-41(37,38)13-4-6-16-14(7-9-39-18(16)11-13)15-5-3-12(26(32,33)34)10-17(15)35-8-1-2-19(35)36/h3-6,10-11,14H,1-2,7-9H2/t14-/m1/s1. The zero-order valence-electron chi connectivity index (χ0n) is 20.5. The van der Waals surface area contributed by atoms with Gasteiger partial charge in [-0.05, 0) is 36.6 Å². The zero-order valence-corrected chi connectivity index (χ0v) is 21.3. The van der Waals surface area contributed by atoms with Crippen LogP contribution in [0.4, 0.5) is 40.8 Å². The van der Waals surface area contributed by atoms with Gasteiger partial charge >= 0.3 is 16.3 Å². The molecule has 218 valence electrons. The van der Waals surface area contributed by atoms with Crippen molar-refractivity contribution >= 4 is 21.7 Å². The lowest BCUT2D eigenvalue weighted by Gasteiger charge is -2.30. The quantitative estimate of drug-likeness (QED) is 0.149. The average Bonchev–Trinajstić information content (AvgIpc) is 3.37. The summed E-state index contributed by atoms with van der Waals surface area (Å²) >= 11 is 0. The van der Waals surface area contributed by atoms with Gasteiger partial charge in [-0.2, -0.15) is 30.4 Å². The Morgan fingerprint density at radius 2 is 1.51 bits per heavy atom. The van der Waals surface area contributed by atoms with Crippen LogP contribution in [0.2, 0.25) is 0 Å². The Kier molecular flexibility index (Phi) is 7.12. The van der Waals surface area contributed by atoms with E-state index in [0.717, 1.165) is 24.3 Å². The van der Waals surface area contributed by atoms with Crippen LogP contribution in [0.25, 0.3) is 0 Å². The smallest absolute Gasteiger partial charge is 0.416 e. The molecule has 0 unspecified atom stereocenters. The van der Waals surface area contributed by atoms with Gasteiger partial charge in [0.05, 0.1) is 12.2 Å². The van der Waals surface area contributed by atoms with Gasteiger partial charge in [-0.3, -0.25) is 4.79 Å². The first kappa shape index (κ1) is 28.6. The molecule has 0 saturated carbocycles. The molecule has 15 heteroatoms. The number of ether oxygens (including phenoxy) is 1. The van der Waals surface area contributed by atoms with Crippen molar-refractivity contribution in [1.29, 1.82) is 0 Å². The second-order valence-corrected chi connectivity index (χ2v) is 10.8.